The Morgan fingerprint density at radius 2 is 2.22 bits per heavy atom. The molecule has 0 spiro atoms. The highest BCUT2D eigenvalue weighted by Gasteiger charge is 2.14. The number of carbonyl (C=O) groups excluding carboxylic acids is 1. The van der Waals surface area contributed by atoms with Crippen LogP contribution in [-0.4, -0.2) is 32.4 Å². The van der Waals surface area contributed by atoms with Gasteiger partial charge in [0.05, 0.1) is 6.26 Å². The summed E-state index contributed by atoms with van der Waals surface area (Å²) in [6.07, 6.45) is 5.89. The monoisotopic (exact) mass is 269 g/mol. The van der Waals surface area contributed by atoms with Crippen LogP contribution in [-0.2, 0) is 14.8 Å². The first-order chi connectivity index (χ1) is 8.33. The molecule has 0 fully saturated rings. The number of phenolic OH excluding ortho intramolecular Hbond substituents is 1. The summed E-state index contributed by atoms with van der Waals surface area (Å²) in [5, 5.41) is 9.47. The van der Waals surface area contributed by atoms with Crippen LogP contribution in [0, 0.1) is 12.3 Å². The van der Waals surface area contributed by atoms with Crippen LogP contribution in [0.2, 0.25) is 0 Å². The minimum Gasteiger partial charge on any atom is -0.507 e. The molecule has 0 heterocycles. The van der Waals surface area contributed by atoms with Crippen LogP contribution in [0.3, 0.4) is 0 Å². The molecule has 7 heteroatoms. The molecule has 6 nitrogen and oxygen atoms in total. The molecule has 0 saturated carbocycles. The van der Waals surface area contributed by atoms with Crippen molar-refractivity contribution < 1.29 is 23.1 Å². The van der Waals surface area contributed by atoms with Gasteiger partial charge in [0, 0.05) is 5.69 Å². The summed E-state index contributed by atoms with van der Waals surface area (Å²) in [5.41, 5.74) is -0.0261. The van der Waals surface area contributed by atoms with E-state index in [-0.39, 0.29) is 23.6 Å². The number of carbonyl (C=O) groups is 1. The molecule has 0 aromatic heterocycles. The number of phenols is 1. The van der Waals surface area contributed by atoms with Crippen LogP contribution in [0.15, 0.2) is 18.2 Å². The standard InChI is InChI=1S/C11H11NO5S/c1-3-6-17-11(14)9-7-8(4-5-10(9)13)12-18(2,15)16/h1,4-5,7,12-13H,6H2,2H3. The van der Waals surface area contributed by atoms with E-state index in [1.54, 1.807) is 0 Å². The second-order valence-electron chi connectivity index (χ2n) is 3.39. The Kier molecular flexibility index (Phi) is 4.18. The molecule has 0 aliphatic rings. The lowest BCUT2D eigenvalue weighted by Gasteiger charge is -2.07. The van der Waals surface area contributed by atoms with Crippen molar-refractivity contribution in [2.24, 2.45) is 0 Å². The third kappa shape index (κ3) is 3.99. The first-order valence-corrected chi connectivity index (χ1v) is 6.64. The molecule has 0 aliphatic carbocycles. The number of anilines is 1. The van der Waals surface area contributed by atoms with Gasteiger partial charge in [0.1, 0.15) is 11.3 Å². The van der Waals surface area contributed by atoms with Crippen LogP contribution in [0.4, 0.5) is 5.69 Å². The average Bonchev–Trinajstić information content (AvgIpc) is 2.26. The molecule has 0 radical (unpaired) electrons. The Bertz CT molecular complexity index is 600. The third-order valence-electron chi connectivity index (χ3n) is 1.81. The summed E-state index contributed by atoms with van der Waals surface area (Å²) in [5.74, 6) is 0.950. The number of rotatable bonds is 4. The van der Waals surface area contributed by atoms with Crippen LogP contribution >= 0.6 is 0 Å². The molecule has 18 heavy (non-hydrogen) atoms. The van der Waals surface area contributed by atoms with Gasteiger partial charge in [-0.15, -0.1) is 6.42 Å². The van der Waals surface area contributed by atoms with E-state index >= 15 is 0 Å². The Labute approximate surface area is 105 Å². The van der Waals surface area contributed by atoms with Crippen molar-refractivity contribution in [3.05, 3.63) is 23.8 Å². The molecule has 0 saturated heterocycles. The highest BCUT2D eigenvalue weighted by molar-refractivity contribution is 7.92. The van der Waals surface area contributed by atoms with Gasteiger partial charge >= 0.3 is 5.97 Å². The summed E-state index contributed by atoms with van der Waals surface area (Å²) < 4.78 is 28.8. The maximum Gasteiger partial charge on any atom is 0.342 e. The summed E-state index contributed by atoms with van der Waals surface area (Å²) in [7, 11) is -3.47. The quantitative estimate of drug-likeness (QED) is 0.473. The molecule has 0 amide bonds. The average molecular weight is 269 g/mol. The van der Waals surface area contributed by atoms with E-state index in [9.17, 15) is 18.3 Å². The minimum atomic E-state index is -3.47. The smallest absolute Gasteiger partial charge is 0.342 e. The number of nitrogens with one attached hydrogen (secondary N) is 1. The Balaban J connectivity index is 3.02. The molecule has 96 valence electrons. The molecule has 1 aromatic carbocycles. The zero-order valence-electron chi connectivity index (χ0n) is 9.50. The van der Waals surface area contributed by atoms with E-state index in [0.717, 1.165) is 12.3 Å². The maximum atomic E-state index is 11.5. The maximum absolute atomic E-state index is 11.5. The lowest BCUT2D eigenvalue weighted by molar-refractivity contribution is 0.0553. The number of terminal acetylenes is 1. The van der Waals surface area contributed by atoms with Gasteiger partial charge in [-0.05, 0) is 18.2 Å². The predicted octanol–water partition coefficient (Wildman–Crippen LogP) is 0.554. The molecule has 0 unspecified atom stereocenters. The molecule has 2 N–H and O–H groups in total. The van der Waals surface area contributed by atoms with Crippen molar-refractivity contribution in [1.29, 1.82) is 0 Å². The number of sulfonamides is 1. The zero-order valence-corrected chi connectivity index (χ0v) is 10.3. The number of esters is 1. The fourth-order valence-corrected chi connectivity index (χ4v) is 1.72. The topological polar surface area (TPSA) is 92.7 Å². The summed E-state index contributed by atoms with van der Waals surface area (Å²) in [6.45, 7) is -0.234. The number of aromatic hydroxyl groups is 1. The van der Waals surface area contributed by atoms with Gasteiger partial charge in [0.15, 0.2) is 6.61 Å². The van der Waals surface area contributed by atoms with Crippen LogP contribution in [0.5, 0.6) is 5.75 Å². The first kappa shape index (κ1) is 13.9. The lowest BCUT2D eigenvalue weighted by atomic mass is 10.2. The third-order valence-corrected chi connectivity index (χ3v) is 2.41. The lowest BCUT2D eigenvalue weighted by Crippen LogP contribution is -2.11. The Morgan fingerprint density at radius 1 is 1.56 bits per heavy atom. The molecular formula is C11H11NO5S. The van der Waals surface area contributed by atoms with Gasteiger partial charge < -0.3 is 9.84 Å². The summed E-state index contributed by atoms with van der Waals surface area (Å²) in [6, 6.07) is 3.66. The largest absolute Gasteiger partial charge is 0.507 e. The highest BCUT2D eigenvalue weighted by atomic mass is 32.2. The summed E-state index contributed by atoms with van der Waals surface area (Å²) in [4.78, 5) is 11.5. The second kappa shape index (κ2) is 5.42. The van der Waals surface area contributed by atoms with Crippen molar-refractivity contribution in [2.45, 2.75) is 0 Å². The number of hydrogen-bond donors (Lipinski definition) is 2. The van der Waals surface area contributed by atoms with Crippen molar-refractivity contribution in [2.75, 3.05) is 17.6 Å². The van der Waals surface area contributed by atoms with Gasteiger partial charge in [-0.3, -0.25) is 4.72 Å². The zero-order chi connectivity index (χ0) is 13.8. The fraction of sp³-hybridized carbons (Fsp3) is 0.182. The number of hydrogen-bond acceptors (Lipinski definition) is 5. The van der Waals surface area contributed by atoms with Gasteiger partial charge in [-0.25, -0.2) is 13.2 Å². The van der Waals surface area contributed by atoms with Gasteiger partial charge in [-0.1, -0.05) is 5.92 Å². The van der Waals surface area contributed by atoms with Gasteiger partial charge in [0.25, 0.3) is 0 Å². The van der Waals surface area contributed by atoms with E-state index in [2.05, 4.69) is 15.4 Å². The molecular weight excluding hydrogens is 258 g/mol. The normalized spacial score (nSPS) is 10.4. The van der Waals surface area contributed by atoms with E-state index < -0.39 is 16.0 Å². The first-order valence-electron chi connectivity index (χ1n) is 4.75. The van der Waals surface area contributed by atoms with Crippen molar-refractivity contribution in [1.82, 2.24) is 0 Å². The molecule has 1 rings (SSSR count). The Morgan fingerprint density at radius 3 is 2.78 bits per heavy atom. The van der Waals surface area contributed by atoms with E-state index in [0.29, 0.717) is 0 Å². The van der Waals surface area contributed by atoms with Crippen LogP contribution in [0.1, 0.15) is 10.4 Å². The van der Waals surface area contributed by atoms with Gasteiger partial charge in [-0.2, -0.15) is 0 Å². The highest BCUT2D eigenvalue weighted by Crippen LogP contribution is 2.22. The SMILES string of the molecule is C#CCOC(=O)c1cc(NS(C)(=O)=O)ccc1O. The number of benzene rings is 1. The van der Waals surface area contributed by atoms with Crippen molar-refractivity contribution in [3.8, 4) is 18.1 Å². The van der Waals surface area contributed by atoms with E-state index in [4.69, 9.17) is 6.42 Å². The van der Waals surface area contributed by atoms with E-state index in [1.165, 1.54) is 12.1 Å². The number of ether oxygens (including phenoxy) is 1. The van der Waals surface area contributed by atoms with Crippen LogP contribution in [0.25, 0.3) is 0 Å². The van der Waals surface area contributed by atoms with Gasteiger partial charge in [0.2, 0.25) is 10.0 Å². The summed E-state index contributed by atoms with van der Waals surface area (Å²) >= 11 is 0. The predicted molar refractivity (Wildman–Crippen MR) is 65.7 cm³/mol. The minimum absolute atomic E-state index is 0.142. The molecule has 0 bridgehead atoms. The molecule has 0 atom stereocenters. The molecule has 0 aliphatic heterocycles. The van der Waals surface area contributed by atoms with Crippen molar-refractivity contribution in [3.63, 3.8) is 0 Å². The van der Waals surface area contributed by atoms with E-state index in [1.807, 2.05) is 0 Å². The fourth-order valence-electron chi connectivity index (χ4n) is 1.16. The van der Waals surface area contributed by atoms with Crippen molar-refractivity contribution >= 4 is 21.7 Å². The second-order valence-corrected chi connectivity index (χ2v) is 5.13. The molecule has 1 aromatic rings. The Hall–Kier alpha value is -2.20. The van der Waals surface area contributed by atoms with Crippen LogP contribution < -0.4 is 4.72 Å².